The fourth-order valence-electron chi connectivity index (χ4n) is 2.19. The second-order valence-electron chi connectivity index (χ2n) is 4.85. The Balaban J connectivity index is 2.37. The normalized spacial score (nSPS) is 16.5. The van der Waals surface area contributed by atoms with Gasteiger partial charge in [0.05, 0.1) is 6.10 Å². The van der Waals surface area contributed by atoms with Crippen LogP contribution in [0.2, 0.25) is 0 Å². The first-order valence-electron chi connectivity index (χ1n) is 6.34. The largest absolute Gasteiger partial charge is 0.490 e. The molecule has 17 heavy (non-hydrogen) atoms. The van der Waals surface area contributed by atoms with Crippen LogP contribution in [0.25, 0.3) is 5.57 Å². The number of benzene rings is 1. The summed E-state index contributed by atoms with van der Waals surface area (Å²) in [5, 5.41) is 3.43. The molecule has 2 heteroatoms. The second-order valence-corrected chi connectivity index (χ2v) is 4.85. The molecule has 0 spiro atoms. The first-order chi connectivity index (χ1) is 8.18. The number of rotatable bonds is 3. The molecule has 2 rings (SSSR count). The average Bonchev–Trinajstić information content (AvgIpc) is 2.30. The number of para-hydroxylation sites is 1. The van der Waals surface area contributed by atoms with Gasteiger partial charge in [0, 0.05) is 12.1 Å². The van der Waals surface area contributed by atoms with E-state index >= 15 is 0 Å². The van der Waals surface area contributed by atoms with E-state index in [2.05, 4.69) is 44.3 Å². The van der Waals surface area contributed by atoms with Gasteiger partial charge >= 0.3 is 0 Å². The number of ether oxygens (including phenoxy) is 1. The third-order valence-electron chi connectivity index (χ3n) is 3.07. The van der Waals surface area contributed by atoms with Crippen LogP contribution in [0.1, 0.15) is 32.8 Å². The molecule has 0 bridgehead atoms. The Bertz CT molecular complexity index is 421. The predicted octanol–water partition coefficient (Wildman–Crippen LogP) is 3.24. The van der Waals surface area contributed by atoms with Crippen molar-refractivity contribution in [3.8, 4) is 5.75 Å². The van der Waals surface area contributed by atoms with Crippen molar-refractivity contribution in [2.45, 2.75) is 33.3 Å². The van der Waals surface area contributed by atoms with Gasteiger partial charge in [-0.15, -0.1) is 0 Å². The van der Waals surface area contributed by atoms with E-state index in [1.54, 1.807) is 0 Å². The van der Waals surface area contributed by atoms with Crippen LogP contribution < -0.4 is 10.1 Å². The Hall–Kier alpha value is -1.28. The Morgan fingerprint density at radius 3 is 2.71 bits per heavy atom. The van der Waals surface area contributed by atoms with E-state index in [0.717, 1.165) is 25.3 Å². The van der Waals surface area contributed by atoms with Crippen LogP contribution in [0.5, 0.6) is 5.75 Å². The summed E-state index contributed by atoms with van der Waals surface area (Å²) in [6.45, 7) is 8.39. The molecule has 0 aromatic heterocycles. The van der Waals surface area contributed by atoms with Crippen molar-refractivity contribution in [2.24, 2.45) is 0 Å². The lowest BCUT2D eigenvalue weighted by atomic mass is 9.95. The van der Waals surface area contributed by atoms with Gasteiger partial charge in [0.15, 0.2) is 0 Å². The maximum absolute atomic E-state index is 5.88. The summed E-state index contributed by atoms with van der Waals surface area (Å²) < 4.78 is 5.88. The van der Waals surface area contributed by atoms with Crippen molar-refractivity contribution in [1.29, 1.82) is 0 Å². The van der Waals surface area contributed by atoms with E-state index in [1.807, 2.05) is 6.07 Å². The summed E-state index contributed by atoms with van der Waals surface area (Å²) in [4.78, 5) is 0. The SMILES string of the molecule is CC1=C(c2ccccc2OC(C)C)CNCC1. The van der Waals surface area contributed by atoms with Crippen molar-refractivity contribution in [1.82, 2.24) is 5.32 Å². The fourth-order valence-corrected chi connectivity index (χ4v) is 2.19. The molecule has 0 saturated carbocycles. The van der Waals surface area contributed by atoms with Crippen LogP contribution in [0.15, 0.2) is 29.8 Å². The zero-order chi connectivity index (χ0) is 12.3. The molecule has 92 valence electrons. The second kappa shape index (κ2) is 5.37. The van der Waals surface area contributed by atoms with E-state index in [-0.39, 0.29) is 6.10 Å². The molecule has 0 saturated heterocycles. The zero-order valence-electron chi connectivity index (χ0n) is 10.9. The molecule has 0 radical (unpaired) electrons. The van der Waals surface area contributed by atoms with Crippen LogP contribution in [0.4, 0.5) is 0 Å². The molecule has 0 amide bonds. The number of nitrogens with one attached hydrogen (secondary N) is 1. The van der Waals surface area contributed by atoms with E-state index in [1.165, 1.54) is 16.7 Å². The Kier molecular flexibility index (Phi) is 3.85. The van der Waals surface area contributed by atoms with Crippen LogP contribution in [0, 0.1) is 0 Å². The first kappa shape index (κ1) is 12.2. The molecule has 1 N–H and O–H groups in total. The van der Waals surface area contributed by atoms with Gasteiger partial charge in [0.25, 0.3) is 0 Å². The highest BCUT2D eigenvalue weighted by atomic mass is 16.5. The molecule has 2 nitrogen and oxygen atoms in total. The molecule has 1 aliphatic rings. The molecule has 0 unspecified atom stereocenters. The van der Waals surface area contributed by atoms with Gasteiger partial charge < -0.3 is 10.1 Å². The maximum Gasteiger partial charge on any atom is 0.127 e. The fraction of sp³-hybridized carbons (Fsp3) is 0.467. The zero-order valence-corrected chi connectivity index (χ0v) is 10.9. The number of hydrogen-bond donors (Lipinski definition) is 1. The standard InChI is InChI=1S/C15H21NO/c1-11(2)17-15-7-5-4-6-13(15)14-10-16-9-8-12(14)3/h4-7,11,16H,8-10H2,1-3H3. The van der Waals surface area contributed by atoms with Gasteiger partial charge in [0.2, 0.25) is 0 Å². The topological polar surface area (TPSA) is 21.3 Å². The molecular formula is C15H21NO. The molecule has 1 aromatic carbocycles. The maximum atomic E-state index is 5.88. The first-order valence-corrected chi connectivity index (χ1v) is 6.34. The molecule has 0 fully saturated rings. The van der Waals surface area contributed by atoms with Gasteiger partial charge in [-0.05, 0) is 45.4 Å². The van der Waals surface area contributed by atoms with E-state index < -0.39 is 0 Å². The number of hydrogen-bond acceptors (Lipinski definition) is 2. The van der Waals surface area contributed by atoms with E-state index in [0.29, 0.717) is 0 Å². The minimum absolute atomic E-state index is 0.216. The minimum Gasteiger partial charge on any atom is -0.490 e. The smallest absolute Gasteiger partial charge is 0.127 e. The lowest BCUT2D eigenvalue weighted by Crippen LogP contribution is -2.24. The summed E-state index contributed by atoms with van der Waals surface area (Å²) in [7, 11) is 0. The average molecular weight is 231 g/mol. The van der Waals surface area contributed by atoms with Gasteiger partial charge in [0.1, 0.15) is 5.75 Å². The third-order valence-corrected chi connectivity index (χ3v) is 3.07. The van der Waals surface area contributed by atoms with Gasteiger partial charge in [-0.3, -0.25) is 0 Å². The van der Waals surface area contributed by atoms with E-state index in [4.69, 9.17) is 4.74 Å². The molecule has 1 aliphatic heterocycles. The third kappa shape index (κ3) is 2.89. The highest BCUT2D eigenvalue weighted by Crippen LogP contribution is 2.30. The quantitative estimate of drug-likeness (QED) is 0.862. The Morgan fingerprint density at radius 2 is 2.00 bits per heavy atom. The summed E-state index contributed by atoms with van der Waals surface area (Å²) >= 11 is 0. The van der Waals surface area contributed by atoms with Crippen molar-refractivity contribution in [2.75, 3.05) is 13.1 Å². The predicted molar refractivity (Wildman–Crippen MR) is 72.3 cm³/mol. The van der Waals surface area contributed by atoms with Crippen LogP contribution in [0.3, 0.4) is 0 Å². The summed E-state index contributed by atoms with van der Waals surface area (Å²) in [6, 6.07) is 8.33. The van der Waals surface area contributed by atoms with Crippen molar-refractivity contribution in [3.63, 3.8) is 0 Å². The minimum atomic E-state index is 0.216. The highest BCUT2D eigenvalue weighted by Gasteiger charge is 2.14. The van der Waals surface area contributed by atoms with Crippen LogP contribution in [-0.2, 0) is 0 Å². The lowest BCUT2D eigenvalue weighted by Gasteiger charge is -2.22. The summed E-state index contributed by atoms with van der Waals surface area (Å²) in [6.07, 6.45) is 1.35. The highest BCUT2D eigenvalue weighted by molar-refractivity contribution is 5.74. The summed E-state index contributed by atoms with van der Waals surface area (Å²) in [5.74, 6) is 1.00. The van der Waals surface area contributed by atoms with Crippen molar-refractivity contribution in [3.05, 3.63) is 35.4 Å². The van der Waals surface area contributed by atoms with Gasteiger partial charge in [-0.1, -0.05) is 23.8 Å². The molecule has 0 atom stereocenters. The van der Waals surface area contributed by atoms with Gasteiger partial charge in [-0.25, -0.2) is 0 Å². The van der Waals surface area contributed by atoms with Crippen LogP contribution >= 0.6 is 0 Å². The molecule has 0 aliphatic carbocycles. The van der Waals surface area contributed by atoms with E-state index in [9.17, 15) is 0 Å². The Labute approximate surface area is 104 Å². The van der Waals surface area contributed by atoms with Crippen molar-refractivity contribution < 1.29 is 4.74 Å². The molecule has 1 aromatic rings. The lowest BCUT2D eigenvalue weighted by molar-refractivity contribution is 0.241. The molecular weight excluding hydrogens is 210 g/mol. The summed E-state index contributed by atoms with van der Waals surface area (Å²) in [5.41, 5.74) is 4.11. The van der Waals surface area contributed by atoms with Crippen molar-refractivity contribution >= 4 is 5.57 Å². The Morgan fingerprint density at radius 1 is 1.24 bits per heavy atom. The molecule has 1 heterocycles. The van der Waals surface area contributed by atoms with Crippen LogP contribution in [-0.4, -0.2) is 19.2 Å². The van der Waals surface area contributed by atoms with Gasteiger partial charge in [-0.2, -0.15) is 0 Å². The monoisotopic (exact) mass is 231 g/mol.